The van der Waals surface area contributed by atoms with Crippen LogP contribution in [0.1, 0.15) is 64.2 Å². The van der Waals surface area contributed by atoms with Gasteiger partial charge in [0.05, 0.1) is 0 Å². The Morgan fingerprint density at radius 3 is 2.08 bits per heavy atom. The second-order valence-electron chi connectivity index (χ2n) is 8.85. The summed E-state index contributed by atoms with van der Waals surface area (Å²) in [5.41, 5.74) is 6.41. The van der Waals surface area contributed by atoms with Crippen molar-refractivity contribution in [2.24, 2.45) is 23.5 Å². The van der Waals surface area contributed by atoms with Gasteiger partial charge in [0.2, 0.25) is 5.91 Å². The molecule has 2 N–H and O–H groups in total. The average Bonchev–Trinajstić information content (AvgIpc) is 2.99. The number of fused-ring (bicyclic) bond motifs is 2. The Labute approximate surface area is 171 Å². The molecule has 2 aliphatic heterocycles. The number of amides is 1. The maximum atomic E-state index is 13.1. The molecule has 6 heteroatoms. The first-order valence-corrected chi connectivity index (χ1v) is 10.5. The van der Waals surface area contributed by atoms with E-state index in [0.717, 1.165) is 32.0 Å². The molecule has 0 aromatic carbocycles. The van der Waals surface area contributed by atoms with Crippen LogP contribution in [0.4, 0.5) is 0 Å². The van der Waals surface area contributed by atoms with Gasteiger partial charge in [0.1, 0.15) is 0 Å². The Balaban J connectivity index is 0.00000121. The smallest absolute Gasteiger partial charge is 0.225 e. The number of hydrogen-bond acceptors (Lipinski definition) is 3. The molecule has 2 heterocycles. The van der Waals surface area contributed by atoms with E-state index in [2.05, 4.69) is 9.80 Å². The summed E-state index contributed by atoms with van der Waals surface area (Å²) in [6, 6.07) is 1.09. The molecule has 152 valence electrons. The third-order valence-corrected chi connectivity index (χ3v) is 7.43. The Morgan fingerprint density at radius 2 is 1.42 bits per heavy atom. The summed E-state index contributed by atoms with van der Waals surface area (Å²) in [6.07, 6.45) is 12.3. The number of nitrogens with two attached hydrogens (primary N) is 1. The molecule has 0 aromatic rings. The van der Waals surface area contributed by atoms with Gasteiger partial charge in [-0.3, -0.25) is 4.79 Å². The largest absolute Gasteiger partial charge is 0.342 e. The summed E-state index contributed by atoms with van der Waals surface area (Å²) in [5.74, 6) is 1.94. The van der Waals surface area contributed by atoms with Crippen LogP contribution in [-0.4, -0.2) is 54.0 Å². The van der Waals surface area contributed by atoms with E-state index in [9.17, 15) is 4.79 Å². The quantitative estimate of drug-likeness (QED) is 0.764. The molecule has 3 unspecified atom stereocenters. The van der Waals surface area contributed by atoms with Crippen molar-refractivity contribution >= 4 is 30.7 Å². The number of likely N-dealkylation sites (tertiary alicyclic amines) is 2. The Bertz CT molecular complexity index is 444. The molecule has 4 fully saturated rings. The van der Waals surface area contributed by atoms with E-state index in [1.807, 2.05) is 0 Å². The van der Waals surface area contributed by atoms with Crippen molar-refractivity contribution in [3.8, 4) is 0 Å². The van der Waals surface area contributed by atoms with Crippen molar-refractivity contribution in [1.29, 1.82) is 0 Å². The molecule has 2 saturated heterocycles. The van der Waals surface area contributed by atoms with E-state index in [0.29, 0.717) is 23.8 Å². The molecule has 2 bridgehead atoms. The minimum Gasteiger partial charge on any atom is -0.342 e. The van der Waals surface area contributed by atoms with Gasteiger partial charge in [-0.2, -0.15) is 0 Å². The maximum absolute atomic E-state index is 13.1. The van der Waals surface area contributed by atoms with Crippen LogP contribution in [0.25, 0.3) is 0 Å². The van der Waals surface area contributed by atoms with E-state index in [1.165, 1.54) is 64.5 Å². The van der Waals surface area contributed by atoms with Crippen LogP contribution in [-0.2, 0) is 4.79 Å². The lowest BCUT2D eigenvalue weighted by molar-refractivity contribution is -0.138. The van der Waals surface area contributed by atoms with E-state index in [-0.39, 0.29) is 30.7 Å². The minimum absolute atomic E-state index is 0. The van der Waals surface area contributed by atoms with Gasteiger partial charge >= 0.3 is 0 Å². The van der Waals surface area contributed by atoms with Crippen molar-refractivity contribution in [1.82, 2.24) is 9.80 Å². The highest BCUT2D eigenvalue weighted by molar-refractivity contribution is 5.85. The lowest BCUT2D eigenvalue weighted by Crippen LogP contribution is -2.50. The average molecular weight is 406 g/mol. The van der Waals surface area contributed by atoms with Gasteiger partial charge in [0.25, 0.3) is 0 Å². The van der Waals surface area contributed by atoms with Crippen LogP contribution < -0.4 is 5.73 Å². The van der Waals surface area contributed by atoms with E-state index in [4.69, 9.17) is 5.73 Å². The predicted molar refractivity (Wildman–Crippen MR) is 111 cm³/mol. The summed E-state index contributed by atoms with van der Waals surface area (Å²) in [4.78, 5) is 18.0. The number of hydrogen-bond donors (Lipinski definition) is 1. The van der Waals surface area contributed by atoms with Crippen LogP contribution in [0.5, 0.6) is 0 Å². The number of carbonyl (C=O) groups is 1. The first-order chi connectivity index (χ1) is 11.7. The highest BCUT2D eigenvalue weighted by Crippen LogP contribution is 2.42. The fourth-order valence-electron chi connectivity index (χ4n) is 6.02. The lowest BCUT2D eigenvalue weighted by Gasteiger charge is -2.44. The second-order valence-corrected chi connectivity index (χ2v) is 8.85. The summed E-state index contributed by atoms with van der Waals surface area (Å²) < 4.78 is 0. The zero-order valence-corrected chi connectivity index (χ0v) is 17.6. The van der Waals surface area contributed by atoms with Gasteiger partial charge < -0.3 is 15.5 Å². The van der Waals surface area contributed by atoms with E-state index in [1.54, 1.807) is 0 Å². The molecule has 0 radical (unpaired) electrons. The zero-order valence-electron chi connectivity index (χ0n) is 16.0. The van der Waals surface area contributed by atoms with Gasteiger partial charge in [-0.05, 0) is 82.7 Å². The molecular formula is C20H37Cl2N3O. The fourth-order valence-corrected chi connectivity index (χ4v) is 6.02. The van der Waals surface area contributed by atoms with E-state index < -0.39 is 0 Å². The molecule has 26 heavy (non-hydrogen) atoms. The third kappa shape index (κ3) is 4.68. The topological polar surface area (TPSA) is 49.6 Å². The summed E-state index contributed by atoms with van der Waals surface area (Å²) in [5, 5.41) is 0. The van der Waals surface area contributed by atoms with E-state index >= 15 is 0 Å². The molecule has 4 aliphatic rings. The summed E-state index contributed by atoms with van der Waals surface area (Å²) >= 11 is 0. The molecule has 1 amide bonds. The first kappa shape index (κ1) is 22.3. The van der Waals surface area contributed by atoms with Crippen LogP contribution in [0.2, 0.25) is 0 Å². The van der Waals surface area contributed by atoms with Crippen LogP contribution in [0.3, 0.4) is 0 Å². The van der Waals surface area contributed by atoms with Gasteiger partial charge in [0.15, 0.2) is 0 Å². The molecule has 0 aromatic heterocycles. The lowest BCUT2D eigenvalue weighted by atomic mass is 9.65. The summed E-state index contributed by atoms with van der Waals surface area (Å²) in [7, 11) is 0. The number of carbonyl (C=O) groups excluding carboxylic acids is 1. The van der Waals surface area contributed by atoms with Crippen molar-refractivity contribution in [3.05, 3.63) is 0 Å². The van der Waals surface area contributed by atoms with Crippen LogP contribution >= 0.6 is 24.8 Å². The minimum atomic E-state index is 0. The third-order valence-electron chi connectivity index (χ3n) is 7.43. The SMILES string of the molecule is Cl.Cl.NC1C2CCCC1CC(C(=O)N1CCCC(N3CCCC3)CC1)C2. The molecule has 4 rings (SSSR count). The molecule has 0 spiro atoms. The van der Waals surface area contributed by atoms with Gasteiger partial charge in [-0.1, -0.05) is 6.42 Å². The highest BCUT2D eigenvalue weighted by atomic mass is 35.5. The van der Waals surface area contributed by atoms with Gasteiger partial charge in [-0.25, -0.2) is 0 Å². The molecule has 2 saturated carbocycles. The molecule has 4 nitrogen and oxygen atoms in total. The second kappa shape index (κ2) is 9.95. The van der Waals surface area contributed by atoms with Crippen molar-refractivity contribution in [2.45, 2.75) is 76.3 Å². The zero-order chi connectivity index (χ0) is 16.5. The fraction of sp³-hybridized carbons (Fsp3) is 0.950. The number of rotatable bonds is 2. The van der Waals surface area contributed by atoms with Gasteiger partial charge in [0, 0.05) is 31.1 Å². The van der Waals surface area contributed by atoms with Crippen molar-refractivity contribution < 1.29 is 4.79 Å². The Kier molecular flexibility index (Phi) is 8.52. The predicted octanol–water partition coefficient (Wildman–Crippen LogP) is 3.46. The van der Waals surface area contributed by atoms with Crippen molar-refractivity contribution in [2.75, 3.05) is 26.2 Å². The Hall–Kier alpha value is -0.0300. The van der Waals surface area contributed by atoms with Crippen LogP contribution in [0, 0.1) is 17.8 Å². The molecular weight excluding hydrogens is 369 g/mol. The first-order valence-electron chi connectivity index (χ1n) is 10.5. The standard InChI is InChI=1S/C20H35N3O.2ClH/c21-19-15-5-3-6-16(19)14-17(13-15)20(24)23-11-4-7-18(8-12-23)22-9-1-2-10-22;;/h15-19H,1-14,21H2;2*1H. The summed E-state index contributed by atoms with van der Waals surface area (Å²) in [6.45, 7) is 4.53. The van der Waals surface area contributed by atoms with Crippen molar-refractivity contribution in [3.63, 3.8) is 0 Å². The molecule has 3 atom stereocenters. The monoisotopic (exact) mass is 405 g/mol. The maximum Gasteiger partial charge on any atom is 0.225 e. The number of nitrogens with zero attached hydrogens (tertiary/aromatic N) is 2. The Morgan fingerprint density at radius 1 is 0.769 bits per heavy atom. The normalized spacial score (nSPS) is 38.0. The highest BCUT2D eigenvalue weighted by Gasteiger charge is 2.41. The number of halogens is 2. The van der Waals surface area contributed by atoms with Crippen LogP contribution in [0.15, 0.2) is 0 Å². The molecule has 2 aliphatic carbocycles. The van der Waals surface area contributed by atoms with Gasteiger partial charge in [-0.15, -0.1) is 24.8 Å².